The monoisotopic (exact) mass is 463 g/mol. The van der Waals surface area contributed by atoms with Crippen LogP contribution in [-0.4, -0.2) is 47.4 Å². The number of alkyl halides is 3. The van der Waals surface area contributed by atoms with Crippen LogP contribution in [0.1, 0.15) is 34.3 Å². The third-order valence-electron chi connectivity index (χ3n) is 5.26. The SMILES string of the molecule is O=C(NCCCNC(=O)C1CC(=O)N(Cc2cccc(C(F)(F)F)c2)C1)c1cccc(O)c1. The van der Waals surface area contributed by atoms with Crippen molar-refractivity contribution in [3.05, 3.63) is 65.2 Å². The van der Waals surface area contributed by atoms with E-state index >= 15 is 0 Å². The van der Waals surface area contributed by atoms with E-state index in [1.165, 1.54) is 29.2 Å². The van der Waals surface area contributed by atoms with Crippen molar-refractivity contribution in [1.82, 2.24) is 15.5 Å². The van der Waals surface area contributed by atoms with Crippen molar-refractivity contribution >= 4 is 17.7 Å². The first-order valence-corrected chi connectivity index (χ1v) is 10.4. The highest BCUT2D eigenvalue weighted by Crippen LogP contribution is 2.30. The number of nitrogens with one attached hydrogen (secondary N) is 2. The van der Waals surface area contributed by atoms with Crippen molar-refractivity contribution in [2.24, 2.45) is 5.92 Å². The number of rotatable bonds is 8. The molecule has 0 aliphatic carbocycles. The van der Waals surface area contributed by atoms with Crippen LogP contribution in [0.4, 0.5) is 13.2 Å². The van der Waals surface area contributed by atoms with E-state index in [-0.39, 0.29) is 49.5 Å². The topological polar surface area (TPSA) is 98.7 Å². The molecule has 3 amide bonds. The summed E-state index contributed by atoms with van der Waals surface area (Å²) in [7, 11) is 0. The van der Waals surface area contributed by atoms with Gasteiger partial charge in [0.2, 0.25) is 11.8 Å². The molecule has 2 aromatic rings. The Morgan fingerprint density at radius 3 is 2.52 bits per heavy atom. The minimum absolute atomic E-state index is 0.000961. The Bertz CT molecular complexity index is 1030. The molecule has 0 saturated carbocycles. The highest BCUT2D eigenvalue weighted by molar-refractivity contribution is 5.94. The Morgan fingerprint density at radius 1 is 1.06 bits per heavy atom. The lowest BCUT2D eigenvalue weighted by Gasteiger charge is -2.17. The standard InChI is InChI=1S/C23H24F3N3O4/c24-23(25,26)18-6-1-4-15(10-18)13-29-14-17(12-20(29)31)22(33)28-9-3-8-27-21(32)16-5-2-7-19(30)11-16/h1-2,4-7,10-11,17,30H,3,8-9,12-14H2,(H,27,32)(H,28,33). The van der Waals surface area contributed by atoms with Gasteiger partial charge in [0.1, 0.15) is 5.75 Å². The number of aromatic hydroxyl groups is 1. The molecule has 176 valence electrons. The number of halogens is 3. The van der Waals surface area contributed by atoms with Crippen molar-refractivity contribution < 1.29 is 32.7 Å². The maximum atomic E-state index is 12.9. The lowest BCUT2D eigenvalue weighted by atomic mass is 10.1. The van der Waals surface area contributed by atoms with Gasteiger partial charge in [0.25, 0.3) is 5.91 Å². The van der Waals surface area contributed by atoms with E-state index in [1.54, 1.807) is 12.1 Å². The molecule has 1 heterocycles. The Labute approximate surface area is 188 Å². The van der Waals surface area contributed by atoms with Gasteiger partial charge in [-0.15, -0.1) is 0 Å². The van der Waals surface area contributed by atoms with Crippen molar-refractivity contribution in [1.29, 1.82) is 0 Å². The number of phenolic OH excluding ortho intramolecular Hbond substituents is 1. The fourth-order valence-electron chi connectivity index (χ4n) is 3.56. The largest absolute Gasteiger partial charge is 0.508 e. The van der Waals surface area contributed by atoms with E-state index in [9.17, 15) is 32.7 Å². The summed E-state index contributed by atoms with van der Waals surface area (Å²) in [4.78, 5) is 38.0. The summed E-state index contributed by atoms with van der Waals surface area (Å²) in [6.45, 7) is 0.736. The molecule has 1 aliphatic heterocycles. The van der Waals surface area contributed by atoms with Gasteiger partial charge >= 0.3 is 6.18 Å². The van der Waals surface area contributed by atoms with E-state index in [1.807, 2.05) is 0 Å². The molecule has 0 bridgehead atoms. The number of likely N-dealkylation sites (tertiary alicyclic amines) is 1. The van der Waals surface area contributed by atoms with Gasteiger partial charge in [-0.05, 0) is 42.3 Å². The number of hydrogen-bond donors (Lipinski definition) is 3. The van der Waals surface area contributed by atoms with Crippen molar-refractivity contribution in [2.45, 2.75) is 25.6 Å². The van der Waals surface area contributed by atoms with Gasteiger partial charge in [0.15, 0.2) is 0 Å². The molecule has 3 N–H and O–H groups in total. The number of nitrogens with zero attached hydrogens (tertiary/aromatic N) is 1. The van der Waals surface area contributed by atoms with E-state index in [0.29, 0.717) is 24.1 Å². The fourth-order valence-corrected chi connectivity index (χ4v) is 3.56. The summed E-state index contributed by atoms with van der Waals surface area (Å²) in [5, 5.41) is 14.8. The number of benzene rings is 2. The molecule has 3 rings (SSSR count). The van der Waals surface area contributed by atoms with Gasteiger partial charge < -0.3 is 20.6 Å². The summed E-state index contributed by atoms with van der Waals surface area (Å²) in [5.74, 6) is -1.53. The first-order chi connectivity index (χ1) is 15.6. The average Bonchev–Trinajstić information content (AvgIpc) is 3.13. The van der Waals surface area contributed by atoms with Crippen LogP contribution in [-0.2, 0) is 22.3 Å². The normalized spacial score (nSPS) is 16.0. The van der Waals surface area contributed by atoms with Crippen LogP contribution in [0.25, 0.3) is 0 Å². The summed E-state index contributed by atoms with van der Waals surface area (Å²) in [6.07, 6.45) is -4.00. The van der Waals surface area contributed by atoms with Crippen LogP contribution in [0.5, 0.6) is 5.75 Å². The number of carbonyl (C=O) groups excluding carboxylic acids is 3. The molecule has 2 aromatic carbocycles. The first-order valence-electron chi connectivity index (χ1n) is 10.4. The first kappa shape index (κ1) is 24.1. The van der Waals surface area contributed by atoms with E-state index < -0.39 is 17.7 Å². The lowest BCUT2D eigenvalue weighted by Crippen LogP contribution is -2.35. The number of amides is 3. The van der Waals surface area contributed by atoms with Gasteiger partial charge in [-0.2, -0.15) is 13.2 Å². The molecule has 1 aliphatic rings. The van der Waals surface area contributed by atoms with Crippen LogP contribution in [0.3, 0.4) is 0 Å². The molecule has 1 fully saturated rings. The van der Waals surface area contributed by atoms with Crippen molar-refractivity contribution in [3.8, 4) is 5.75 Å². The highest BCUT2D eigenvalue weighted by atomic mass is 19.4. The minimum Gasteiger partial charge on any atom is -0.508 e. The van der Waals surface area contributed by atoms with E-state index in [2.05, 4.69) is 10.6 Å². The predicted molar refractivity (Wildman–Crippen MR) is 113 cm³/mol. The molecule has 1 atom stereocenters. The second-order valence-electron chi connectivity index (χ2n) is 7.82. The molecular formula is C23H24F3N3O4. The Balaban J connectivity index is 1.41. The maximum absolute atomic E-state index is 12.9. The van der Waals surface area contributed by atoms with Gasteiger partial charge in [-0.1, -0.05) is 18.2 Å². The van der Waals surface area contributed by atoms with E-state index in [4.69, 9.17) is 0 Å². The van der Waals surface area contributed by atoms with E-state index in [0.717, 1.165) is 12.1 Å². The molecule has 0 spiro atoms. The third kappa shape index (κ3) is 6.71. The molecule has 0 aromatic heterocycles. The smallest absolute Gasteiger partial charge is 0.416 e. The Morgan fingerprint density at radius 2 is 1.79 bits per heavy atom. The zero-order valence-corrected chi connectivity index (χ0v) is 17.7. The van der Waals surface area contributed by atoms with Crippen LogP contribution >= 0.6 is 0 Å². The zero-order chi connectivity index (χ0) is 24.0. The summed E-state index contributed by atoms with van der Waals surface area (Å²) < 4.78 is 38.6. The average molecular weight is 463 g/mol. The van der Waals surface area contributed by atoms with Crippen molar-refractivity contribution in [2.75, 3.05) is 19.6 Å². The molecule has 10 heteroatoms. The highest BCUT2D eigenvalue weighted by Gasteiger charge is 2.35. The molecular weight excluding hydrogens is 439 g/mol. The quantitative estimate of drug-likeness (QED) is 0.525. The Kier molecular flexibility index (Phi) is 7.57. The third-order valence-corrected chi connectivity index (χ3v) is 5.26. The second-order valence-corrected chi connectivity index (χ2v) is 7.82. The van der Waals surface area contributed by atoms with Crippen molar-refractivity contribution in [3.63, 3.8) is 0 Å². The van der Waals surface area contributed by atoms with Gasteiger partial charge in [0, 0.05) is 38.2 Å². The molecule has 33 heavy (non-hydrogen) atoms. The number of carbonyl (C=O) groups is 3. The second kappa shape index (κ2) is 10.4. The molecule has 1 unspecified atom stereocenters. The summed E-state index contributed by atoms with van der Waals surface area (Å²) in [5.41, 5.74) is -0.108. The number of hydrogen-bond acceptors (Lipinski definition) is 4. The van der Waals surface area contributed by atoms with Crippen LogP contribution in [0.15, 0.2) is 48.5 Å². The lowest BCUT2D eigenvalue weighted by molar-refractivity contribution is -0.137. The van der Waals surface area contributed by atoms with Crippen LogP contribution in [0.2, 0.25) is 0 Å². The Hall–Kier alpha value is -3.56. The molecule has 1 saturated heterocycles. The minimum atomic E-state index is -4.46. The molecule has 7 nitrogen and oxygen atoms in total. The summed E-state index contributed by atoms with van der Waals surface area (Å²) >= 11 is 0. The van der Waals surface area contributed by atoms with Gasteiger partial charge in [-0.25, -0.2) is 0 Å². The summed E-state index contributed by atoms with van der Waals surface area (Å²) in [6, 6.07) is 10.7. The zero-order valence-electron chi connectivity index (χ0n) is 17.7. The van der Waals surface area contributed by atoms with Gasteiger partial charge in [-0.3, -0.25) is 14.4 Å². The maximum Gasteiger partial charge on any atom is 0.416 e. The van der Waals surface area contributed by atoms with Gasteiger partial charge in [0.05, 0.1) is 11.5 Å². The molecule has 0 radical (unpaired) electrons. The number of phenols is 1. The van der Waals surface area contributed by atoms with Crippen LogP contribution < -0.4 is 10.6 Å². The van der Waals surface area contributed by atoms with Crippen LogP contribution in [0, 0.1) is 5.92 Å². The predicted octanol–water partition coefficient (Wildman–Crippen LogP) is 2.70. The fraction of sp³-hybridized carbons (Fsp3) is 0.348.